The van der Waals surface area contributed by atoms with E-state index >= 15 is 0 Å². The number of carbonyl (C=O) groups is 1. The van der Waals surface area contributed by atoms with Crippen molar-refractivity contribution in [2.75, 3.05) is 5.32 Å². The summed E-state index contributed by atoms with van der Waals surface area (Å²) in [7, 11) is 0. The van der Waals surface area contributed by atoms with Crippen LogP contribution in [-0.2, 0) is 4.79 Å². The number of hydrogen-bond donors (Lipinski definition) is 2. The van der Waals surface area contributed by atoms with Gasteiger partial charge in [-0.25, -0.2) is 0 Å². The predicted molar refractivity (Wildman–Crippen MR) is 67.3 cm³/mol. The number of benzene rings is 1. The molecule has 0 bridgehead atoms. The largest absolute Gasteiger partial charge is 0.421 e. The molecule has 0 atom stereocenters. The van der Waals surface area contributed by atoms with Crippen LogP contribution in [0.4, 0.5) is 5.69 Å². The van der Waals surface area contributed by atoms with E-state index in [1.54, 1.807) is 25.1 Å². The summed E-state index contributed by atoms with van der Waals surface area (Å²) >= 11 is 0. The van der Waals surface area contributed by atoms with Crippen molar-refractivity contribution in [3.8, 4) is 11.5 Å². The number of nitrogens with zero attached hydrogens (tertiary/aromatic N) is 2. The third kappa shape index (κ3) is 2.34. The van der Waals surface area contributed by atoms with Gasteiger partial charge in [-0.15, -0.1) is 10.2 Å². The van der Waals surface area contributed by atoms with Gasteiger partial charge >= 0.3 is 0 Å². The molecule has 0 aliphatic heterocycles. The lowest BCUT2D eigenvalue weighted by Crippen LogP contribution is -2.29. The molecular weight excluding hydrogens is 246 g/mol. The molecule has 1 fully saturated rings. The van der Waals surface area contributed by atoms with Crippen LogP contribution in [-0.4, -0.2) is 26.8 Å². The Bertz CT molecular complexity index is 632. The molecule has 6 nitrogen and oxygen atoms in total. The van der Waals surface area contributed by atoms with Gasteiger partial charge in [0, 0.05) is 18.2 Å². The number of anilines is 1. The molecule has 0 unspecified atom stereocenters. The summed E-state index contributed by atoms with van der Waals surface area (Å²) in [4.78, 5) is 11.7. The third-order valence-electron chi connectivity index (χ3n) is 3.04. The van der Waals surface area contributed by atoms with Crippen molar-refractivity contribution in [1.82, 2.24) is 10.2 Å². The molecule has 0 saturated heterocycles. The maximum Gasteiger partial charge on any atom is 0.256 e. The standard InChI is InChI=1S/C13H13N3O3/c1-8-15-16-11(19-8)9-3-2-4-10(7-9)14-12(17)13(18)5-6-13/h2-4,7,18H,5-6H2,1H3,(H,14,17). The molecule has 0 radical (unpaired) electrons. The fourth-order valence-corrected chi connectivity index (χ4v) is 1.74. The van der Waals surface area contributed by atoms with Crippen molar-refractivity contribution in [2.45, 2.75) is 25.4 Å². The zero-order chi connectivity index (χ0) is 13.5. The second-order valence-electron chi connectivity index (χ2n) is 4.69. The van der Waals surface area contributed by atoms with E-state index in [1.165, 1.54) is 0 Å². The monoisotopic (exact) mass is 259 g/mol. The molecule has 1 aliphatic carbocycles. The minimum Gasteiger partial charge on any atom is -0.421 e. The van der Waals surface area contributed by atoms with E-state index in [-0.39, 0.29) is 5.91 Å². The first-order valence-corrected chi connectivity index (χ1v) is 6.01. The van der Waals surface area contributed by atoms with Crippen molar-refractivity contribution >= 4 is 11.6 Å². The molecule has 1 aliphatic rings. The average molecular weight is 259 g/mol. The van der Waals surface area contributed by atoms with Gasteiger partial charge in [0.25, 0.3) is 5.91 Å². The fourth-order valence-electron chi connectivity index (χ4n) is 1.74. The number of carbonyl (C=O) groups excluding carboxylic acids is 1. The molecular formula is C13H13N3O3. The number of amides is 1. The van der Waals surface area contributed by atoms with Crippen LogP contribution >= 0.6 is 0 Å². The first-order chi connectivity index (χ1) is 9.07. The van der Waals surface area contributed by atoms with Gasteiger partial charge in [-0.2, -0.15) is 0 Å². The van der Waals surface area contributed by atoms with Crippen LogP contribution in [0, 0.1) is 6.92 Å². The molecule has 3 rings (SSSR count). The lowest BCUT2D eigenvalue weighted by atomic mass is 10.2. The summed E-state index contributed by atoms with van der Waals surface area (Å²) in [6.07, 6.45) is 1.03. The Kier molecular flexibility index (Phi) is 2.60. The summed E-state index contributed by atoms with van der Waals surface area (Å²) in [6.45, 7) is 1.71. The Morgan fingerprint density at radius 2 is 2.21 bits per heavy atom. The molecule has 98 valence electrons. The maximum absolute atomic E-state index is 11.7. The highest BCUT2D eigenvalue weighted by Crippen LogP contribution is 2.36. The summed E-state index contributed by atoms with van der Waals surface area (Å²) in [6, 6.07) is 7.07. The normalized spacial score (nSPS) is 16.1. The SMILES string of the molecule is Cc1nnc(-c2cccc(NC(=O)C3(O)CC3)c2)o1. The van der Waals surface area contributed by atoms with E-state index in [1.807, 2.05) is 6.07 Å². The molecule has 0 spiro atoms. The van der Waals surface area contributed by atoms with E-state index in [9.17, 15) is 9.90 Å². The highest BCUT2D eigenvalue weighted by Gasteiger charge is 2.48. The van der Waals surface area contributed by atoms with Gasteiger partial charge in [-0.3, -0.25) is 4.79 Å². The molecule has 1 heterocycles. The molecule has 19 heavy (non-hydrogen) atoms. The van der Waals surface area contributed by atoms with Crippen molar-refractivity contribution in [1.29, 1.82) is 0 Å². The number of nitrogens with one attached hydrogen (secondary N) is 1. The predicted octanol–water partition coefficient (Wildman–Crippen LogP) is 1.51. The van der Waals surface area contributed by atoms with Gasteiger partial charge in [0.1, 0.15) is 5.60 Å². The van der Waals surface area contributed by atoms with E-state index in [0.717, 1.165) is 5.56 Å². The van der Waals surface area contributed by atoms with Gasteiger partial charge in [0.15, 0.2) is 0 Å². The zero-order valence-electron chi connectivity index (χ0n) is 10.4. The van der Waals surface area contributed by atoms with Gasteiger partial charge in [-0.1, -0.05) is 6.07 Å². The van der Waals surface area contributed by atoms with Crippen LogP contribution < -0.4 is 5.32 Å². The fraction of sp³-hybridized carbons (Fsp3) is 0.308. The Morgan fingerprint density at radius 1 is 1.42 bits per heavy atom. The van der Waals surface area contributed by atoms with Crippen LogP contribution in [0.25, 0.3) is 11.5 Å². The maximum atomic E-state index is 11.7. The molecule has 2 aromatic rings. The van der Waals surface area contributed by atoms with Crippen molar-refractivity contribution in [3.63, 3.8) is 0 Å². The topological polar surface area (TPSA) is 88.2 Å². The second kappa shape index (κ2) is 4.17. The Labute approximate surface area is 109 Å². The zero-order valence-corrected chi connectivity index (χ0v) is 10.4. The van der Waals surface area contributed by atoms with Crippen LogP contribution in [0.3, 0.4) is 0 Å². The highest BCUT2D eigenvalue weighted by atomic mass is 16.4. The Balaban J connectivity index is 1.82. The number of aliphatic hydroxyl groups is 1. The molecule has 1 saturated carbocycles. The van der Waals surface area contributed by atoms with Crippen LogP contribution in [0.15, 0.2) is 28.7 Å². The van der Waals surface area contributed by atoms with Gasteiger partial charge in [0.05, 0.1) is 0 Å². The second-order valence-corrected chi connectivity index (χ2v) is 4.69. The quantitative estimate of drug-likeness (QED) is 0.872. The molecule has 2 N–H and O–H groups in total. The number of aryl methyl sites for hydroxylation is 1. The first-order valence-electron chi connectivity index (χ1n) is 6.01. The van der Waals surface area contributed by atoms with Crippen molar-refractivity contribution in [3.05, 3.63) is 30.2 Å². The average Bonchev–Trinajstić information content (AvgIpc) is 2.99. The lowest BCUT2D eigenvalue weighted by molar-refractivity contribution is -0.125. The third-order valence-corrected chi connectivity index (χ3v) is 3.04. The van der Waals surface area contributed by atoms with Gasteiger partial charge < -0.3 is 14.8 Å². The van der Waals surface area contributed by atoms with Crippen molar-refractivity contribution in [2.24, 2.45) is 0 Å². The Morgan fingerprint density at radius 3 is 2.84 bits per heavy atom. The van der Waals surface area contributed by atoms with Crippen molar-refractivity contribution < 1.29 is 14.3 Å². The molecule has 1 aromatic carbocycles. The molecule has 6 heteroatoms. The summed E-state index contributed by atoms with van der Waals surface area (Å²) in [5, 5.41) is 20.1. The minimum absolute atomic E-state index is 0.369. The highest BCUT2D eigenvalue weighted by molar-refractivity contribution is 5.99. The van der Waals surface area contributed by atoms with Gasteiger partial charge in [-0.05, 0) is 31.0 Å². The van der Waals surface area contributed by atoms with Crippen LogP contribution in [0.2, 0.25) is 0 Å². The number of hydrogen-bond acceptors (Lipinski definition) is 5. The minimum atomic E-state index is -1.18. The van der Waals surface area contributed by atoms with Crippen LogP contribution in [0.5, 0.6) is 0 Å². The lowest BCUT2D eigenvalue weighted by Gasteiger charge is -2.09. The molecule has 1 aromatic heterocycles. The van der Waals surface area contributed by atoms with E-state index in [2.05, 4.69) is 15.5 Å². The number of aromatic nitrogens is 2. The summed E-state index contributed by atoms with van der Waals surface area (Å²) in [5.74, 6) is 0.516. The van der Waals surface area contributed by atoms with Gasteiger partial charge in [0.2, 0.25) is 11.8 Å². The van der Waals surface area contributed by atoms with E-state index < -0.39 is 5.60 Å². The Hall–Kier alpha value is -2.21. The summed E-state index contributed by atoms with van der Waals surface area (Å²) in [5.41, 5.74) is 0.136. The van der Waals surface area contributed by atoms with E-state index in [4.69, 9.17) is 4.42 Å². The summed E-state index contributed by atoms with van der Waals surface area (Å²) < 4.78 is 5.32. The molecule has 1 amide bonds. The first kappa shape index (κ1) is 11.9. The van der Waals surface area contributed by atoms with E-state index in [0.29, 0.717) is 30.3 Å². The van der Waals surface area contributed by atoms with Crippen LogP contribution in [0.1, 0.15) is 18.7 Å². The smallest absolute Gasteiger partial charge is 0.256 e. The number of rotatable bonds is 3.